The number of carbonyl (C=O) groups is 1. The van der Waals surface area contributed by atoms with Crippen LogP contribution in [0.15, 0.2) is 0 Å². The minimum absolute atomic E-state index is 0.211. The van der Waals surface area contributed by atoms with Crippen molar-refractivity contribution in [2.24, 2.45) is 0 Å². The van der Waals surface area contributed by atoms with Gasteiger partial charge in [0.25, 0.3) is 10.1 Å². The van der Waals surface area contributed by atoms with Crippen LogP contribution >= 0.6 is 0 Å². The SMILES string of the molecule is CCC(=O)OCCCCS(=O)(=O)O. The Hall–Kier alpha value is -0.620. The van der Waals surface area contributed by atoms with Gasteiger partial charge in [-0.2, -0.15) is 8.42 Å². The first-order chi connectivity index (χ1) is 5.95. The number of esters is 1. The molecule has 0 aliphatic heterocycles. The smallest absolute Gasteiger partial charge is 0.305 e. The van der Waals surface area contributed by atoms with Crippen LogP contribution in [-0.2, 0) is 19.6 Å². The van der Waals surface area contributed by atoms with Gasteiger partial charge in [0.05, 0.1) is 12.4 Å². The fourth-order valence-corrected chi connectivity index (χ4v) is 1.24. The molecule has 0 aromatic rings. The number of ether oxygens (including phenoxy) is 1. The summed E-state index contributed by atoms with van der Waals surface area (Å²) in [5, 5.41) is 0. The third kappa shape index (κ3) is 9.29. The fraction of sp³-hybridized carbons (Fsp3) is 0.857. The Morgan fingerprint density at radius 3 is 2.46 bits per heavy atom. The summed E-state index contributed by atoms with van der Waals surface area (Å²) in [4.78, 5) is 10.6. The van der Waals surface area contributed by atoms with Gasteiger partial charge in [-0.1, -0.05) is 6.92 Å². The average Bonchev–Trinajstić information content (AvgIpc) is 2.01. The average molecular weight is 210 g/mol. The molecule has 13 heavy (non-hydrogen) atoms. The highest BCUT2D eigenvalue weighted by atomic mass is 32.2. The second-order valence-corrected chi connectivity index (χ2v) is 4.14. The maximum Gasteiger partial charge on any atom is 0.305 e. The van der Waals surface area contributed by atoms with Crippen molar-refractivity contribution in [3.63, 3.8) is 0 Å². The summed E-state index contributed by atoms with van der Waals surface area (Å²) in [5.41, 5.74) is 0. The first kappa shape index (κ1) is 12.4. The van der Waals surface area contributed by atoms with Crippen molar-refractivity contribution in [3.8, 4) is 0 Å². The topological polar surface area (TPSA) is 80.7 Å². The van der Waals surface area contributed by atoms with E-state index in [1.807, 2.05) is 0 Å². The van der Waals surface area contributed by atoms with Crippen LogP contribution in [-0.4, -0.2) is 31.3 Å². The number of hydrogen-bond donors (Lipinski definition) is 1. The zero-order valence-corrected chi connectivity index (χ0v) is 8.34. The van der Waals surface area contributed by atoms with Crippen molar-refractivity contribution in [2.45, 2.75) is 26.2 Å². The van der Waals surface area contributed by atoms with Gasteiger partial charge < -0.3 is 4.74 Å². The Kier molecular flexibility index (Phi) is 5.65. The quantitative estimate of drug-likeness (QED) is 0.394. The van der Waals surface area contributed by atoms with Crippen molar-refractivity contribution in [1.29, 1.82) is 0 Å². The summed E-state index contributed by atoms with van der Waals surface area (Å²) in [6, 6.07) is 0. The normalized spacial score (nSPS) is 11.2. The second-order valence-electron chi connectivity index (χ2n) is 2.57. The van der Waals surface area contributed by atoms with Gasteiger partial charge in [-0.05, 0) is 12.8 Å². The second kappa shape index (κ2) is 5.93. The molecule has 0 saturated heterocycles. The molecule has 0 atom stereocenters. The molecule has 6 heteroatoms. The highest BCUT2D eigenvalue weighted by molar-refractivity contribution is 7.85. The van der Waals surface area contributed by atoms with E-state index in [-0.39, 0.29) is 18.3 Å². The van der Waals surface area contributed by atoms with Gasteiger partial charge in [0.15, 0.2) is 0 Å². The zero-order chi connectivity index (χ0) is 10.3. The molecule has 0 aliphatic rings. The van der Waals surface area contributed by atoms with Crippen molar-refractivity contribution in [1.82, 2.24) is 0 Å². The number of hydrogen-bond acceptors (Lipinski definition) is 4. The van der Waals surface area contributed by atoms with Crippen LogP contribution in [0.3, 0.4) is 0 Å². The zero-order valence-electron chi connectivity index (χ0n) is 7.52. The van der Waals surface area contributed by atoms with Gasteiger partial charge in [-0.25, -0.2) is 0 Å². The Labute approximate surface area is 77.8 Å². The molecule has 0 radical (unpaired) electrons. The summed E-state index contributed by atoms with van der Waals surface area (Å²) in [6.07, 6.45) is 1.07. The monoisotopic (exact) mass is 210 g/mol. The lowest BCUT2D eigenvalue weighted by atomic mass is 10.3. The summed E-state index contributed by atoms with van der Waals surface area (Å²) in [6.45, 7) is 1.89. The van der Waals surface area contributed by atoms with E-state index >= 15 is 0 Å². The largest absolute Gasteiger partial charge is 0.466 e. The van der Waals surface area contributed by atoms with Gasteiger partial charge in [0, 0.05) is 6.42 Å². The Morgan fingerprint density at radius 2 is 2.00 bits per heavy atom. The molecule has 0 rings (SSSR count). The number of rotatable bonds is 6. The maximum absolute atomic E-state index is 10.6. The molecule has 0 fully saturated rings. The van der Waals surface area contributed by atoms with Crippen LogP contribution in [0.1, 0.15) is 26.2 Å². The van der Waals surface area contributed by atoms with Gasteiger partial charge in [-0.3, -0.25) is 9.35 Å². The van der Waals surface area contributed by atoms with Gasteiger partial charge >= 0.3 is 5.97 Å². The van der Waals surface area contributed by atoms with E-state index in [1.54, 1.807) is 6.92 Å². The molecule has 0 aliphatic carbocycles. The van der Waals surface area contributed by atoms with E-state index in [4.69, 9.17) is 9.29 Å². The standard InChI is InChI=1S/C7H14O5S/c1-2-7(8)12-5-3-4-6-13(9,10)11/h2-6H2,1H3,(H,9,10,11). The summed E-state index contributed by atoms with van der Waals surface area (Å²) in [5.74, 6) is -0.580. The van der Waals surface area contributed by atoms with Crippen LogP contribution in [0.2, 0.25) is 0 Å². The van der Waals surface area contributed by atoms with Crippen LogP contribution in [0, 0.1) is 0 Å². The van der Waals surface area contributed by atoms with Gasteiger partial charge in [0.2, 0.25) is 0 Å². The van der Waals surface area contributed by atoms with E-state index in [1.165, 1.54) is 0 Å². The lowest BCUT2D eigenvalue weighted by molar-refractivity contribution is -0.143. The fourth-order valence-electron chi connectivity index (χ4n) is 0.675. The van der Waals surface area contributed by atoms with E-state index in [0.717, 1.165) is 0 Å². The minimum atomic E-state index is -3.87. The molecule has 0 saturated carbocycles. The molecular formula is C7H14O5S. The Balaban J connectivity index is 3.33. The lowest BCUT2D eigenvalue weighted by Crippen LogP contribution is -2.07. The first-order valence-electron chi connectivity index (χ1n) is 4.06. The van der Waals surface area contributed by atoms with Crippen LogP contribution in [0.4, 0.5) is 0 Å². The first-order valence-corrected chi connectivity index (χ1v) is 5.67. The third-order valence-electron chi connectivity index (χ3n) is 1.35. The lowest BCUT2D eigenvalue weighted by Gasteiger charge is -2.01. The van der Waals surface area contributed by atoms with Crippen molar-refractivity contribution in [2.75, 3.05) is 12.4 Å². The Bertz CT molecular complexity index is 244. The van der Waals surface area contributed by atoms with Crippen LogP contribution < -0.4 is 0 Å². The van der Waals surface area contributed by atoms with Gasteiger partial charge in [0.1, 0.15) is 0 Å². The van der Waals surface area contributed by atoms with Gasteiger partial charge in [-0.15, -0.1) is 0 Å². The predicted octanol–water partition coefficient (Wildman–Crippen LogP) is 0.608. The van der Waals surface area contributed by atoms with Crippen molar-refractivity contribution < 1.29 is 22.5 Å². The predicted molar refractivity (Wildman–Crippen MR) is 46.9 cm³/mol. The molecule has 78 valence electrons. The molecule has 1 N–H and O–H groups in total. The van der Waals surface area contributed by atoms with Crippen LogP contribution in [0.5, 0.6) is 0 Å². The third-order valence-corrected chi connectivity index (χ3v) is 2.15. The molecule has 0 aromatic carbocycles. The number of carbonyl (C=O) groups excluding carboxylic acids is 1. The molecule has 0 bridgehead atoms. The molecule has 0 unspecified atom stereocenters. The van der Waals surface area contributed by atoms with Crippen molar-refractivity contribution >= 4 is 16.1 Å². The molecule has 0 spiro atoms. The molecule has 5 nitrogen and oxygen atoms in total. The van der Waals surface area contributed by atoms with Crippen LogP contribution in [0.25, 0.3) is 0 Å². The summed E-state index contributed by atoms with van der Waals surface area (Å²) in [7, 11) is -3.87. The summed E-state index contributed by atoms with van der Waals surface area (Å²) < 4.78 is 33.5. The van der Waals surface area contributed by atoms with E-state index < -0.39 is 10.1 Å². The highest BCUT2D eigenvalue weighted by Gasteiger charge is 2.04. The molecular weight excluding hydrogens is 196 g/mol. The van der Waals surface area contributed by atoms with E-state index in [0.29, 0.717) is 19.3 Å². The Morgan fingerprint density at radius 1 is 1.38 bits per heavy atom. The van der Waals surface area contributed by atoms with Crippen molar-refractivity contribution in [3.05, 3.63) is 0 Å². The maximum atomic E-state index is 10.6. The highest BCUT2D eigenvalue weighted by Crippen LogP contribution is 1.95. The van der Waals surface area contributed by atoms with E-state index in [2.05, 4.69) is 0 Å². The van der Waals surface area contributed by atoms with E-state index in [9.17, 15) is 13.2 Å². The summed E-state index contributed by atoms with van der Waals surface area (Å²) >= 11 is 0. The molecule has 0 heterocycles. The molecule has 0 amide bonds. The number of unbranched alkanes of at least 4 members (excludes halogenated alkanes) is 1. The minimum Gasteiger partial charge on any atom is -0.466 e. The molecule has 0 aromatic heterocycles.